The lowest BCUT2D eigenvalue weighted by atomic mass is 10.2. The molecule has 0 aliphatic heterocycles. The first-order valence-electron chi connectivity index (χ1n) is 6.63. The van der Waals surface area contributed by atoms with Crippen LogP contribution < -0.4 is 10.6 Å². The van der Waals surface area contributed by atoms with E-state index in [2.05, 4.69) is 10.6 Å². The van der Waals surface area contributed by atoms with E-state index in [1.54, 1.807) is 30.3 Å². The highest BCUT2D eigenvalue weighted by molar-refractivity contribution is 7.12. The van der Waals surface area contributed by atoms with Gasteiger partial charge in [-0.3, -0.25) is 9.59 Å². The average Bonchev–Trinajstić information content (AvgIpc) is 3.20. The van der Waals surface area contributed by atoms with E-state index in [-0.39, 0.29) is 22.6 Å². The number of carbonyl (C=O) groups excluding carboxylic acids is 2. The van der Waals surface area contributed by atoms with Crippen molar-refractivity contribution in [2.24, 2.45) is 0 Å². The number of anilines is 2. The number of nitrogens with one attached hydrogen (secondary N) is 2. The molecule has 0 bridgehead atoms. The molecule has 2 aromatic heterocycles. The zero-order valence-corrected chi connectivity index (χ0v) is 13.3. The van der Waals surface area contributed by atoms with Crippen molar-refractivity contribution in [3.63, 3.8) is 0 Å². The van der Waals surface area contributed by atoms with Crippen LogP contribution >= 0.6 is 22.9 Å². The molecule has 1 aromatic carbocycles. The predicted octanol–water partition coefficient (Wildman–Crippen LogP) is 4.50. The van der Waals surface area contributed by atoms with Gasteiger partial charge in [0.25, 0.3) is 11.8 Å². The van der Waals surface area contributed by atoms with Gasteiger partial charge in [-0.05, 0) is 53.4 Å². The molecule has 7 heteroatoms. The first-order valence-corrected chi connectivity index (χ1v) is 7.88. The normalized spacial score (nSPS) is 10.3. The molecule has 3 aromatic rings. The first-order chi connectivity index (χ1) is 11.1. The van der Waals surface area contributed by atoms with Crippen LogP contribution in [-0.2, 0) is 0 Å². The third-order valence-corrected chi connectivity index (χ3v) is 4.17. The van der Waals surface area contributed by atoms with Gasteiger partial charge in [0.1, 0.15) is 0 Å². The van der Waals surface area contributed by atoms with Gasteiger partial charge < -0.3 is 15.1 Å². The smallest absolute Gasteiger partial charge is 0.265 e. The quantitative estimate of drug-likeness (QED) is 0.730. The standard InChI is InChI=1S/C16H11ClN2O3S/c17-14-12(7-8-22-14)15(20)18-10-3-5-11(6-4-10)19-16(21)13-2-1-9-23-13/h1-9H,(H,18,20)(H,19,21). The van der Waals surface area contributed by atoms with Gasteiger partial charge in [-0.1, -0.05) is 6.07 Å². The van der Waals surface area contributed by atoms with E-state index < -0.39 is 0 Å². The molecule has 0 spiro atoms. The molecule has 2 N–H and O–H groups in total. The summed E-state index contributed by atoms with van der Waals surface area (Å²) in [5.74, 6) is -0.527. The van der Waals surface area contributed by atoms with Gasteiger partial charge in [0.15, 0.2) is 0 Å². The minimum Gasteiger partial charge on any atom is -0.452 e. The molecule has 0 unspecified atom stereocenters. The summed E-state index contributed by atoms with van der Waals surface area (Å²) in [6.07, 6.45) is 1.35. The number of hydrogen-bond acceptors (Lipinski definition) is 4. The number of benzene rings is 1. The van der Waals surface area contributed by atoms with Gasteiger partial charge in [0.05, 0.1) is 16.7 Å². The molecule has 5 nitrogen and oxygen atoms in total. The molecule has 3 rings (SSSR count). The maximum absolute atomic E-state index is 12.0. The SMILES string of the molecule is O=C(Nc1ccc(NC(=O)c2ccoc2Cl)cc1)c1cccs1. The molecule has 2 amide bonds. The second-order valence-electron chi connectivity index (χ2n) is 4.57. The first kappa shape index (κ1) is 15.3. The third kappa shape index (κ3) is 3.61. The number of furan rings is 1. The van der Waals surface area contributed by atoms with E-state index in [1.165, 1.54) is 23.7 Å². The summed E-state index contributed by atoms with van der Waals surface area (Å²) in [6, 6.07) is 11.9. The van der Waals surface area contributed by atoms with Crippen LogP contribution in [0.15, 0.2) is 58.5 Å². The Labute approximate surface area is 140 Å². The second kappa shape index (κ2) is 6.68. The van der Waals surface area contributed by atoms with Crippen LogP contribution in [0.25, 0.3) is 0 Å². The molecule has 0 aliphatic rings. The fourth-order valence-electron chi connectivity index (χ4n) is 1.89. The highest BCUT2D eigenvalue weighted by Gasteiger charge is 2.13. The Hall–Kier alpha value is -2.57. The molecule has 0 saturated carbocycles. The van der Waals surface area contributed by atoms with Gasteiger partial charge in [0, 0.05) is 11.4 Å². The lowest BCUT2D eigenvalue weighted by Gasteiger charge is -2.07. The average molecular weight is 347 g/mol. The van der Waals surface area contributed by atoms with Crippen LogP contribution in [0, 0.1) is 0 Å². The number of thiophene rings is 1. The zero-order valence-electron chi connectivity index (χ0n) is 11.7. The van der Waals surface area contributed by atoms with Crippen LogP contribution in [-0.4, -0.2) is 11.8 Å². The van der Waals surface area contributed by atoms with Crippen molar-refractivity contribution >= 4 is 46.1 Å². The number of amides is 2. The minimum atomic E-state index is -0.362. The zero-order chi connectivity index (χ0) is 16.2. The van der Waals surface area contributed by atoms with Gasteiger partial charge in [-0.15, -0.1) is 11.3 Å². The van der Waals surface area contributed by atoms with Gasteiger partial charge >= 0.3 is 0 Å². The summed E-state index contributed by atoms with van der Waals surface area (Å²) in [5.41, 5.74) is 1.49. The van der Waals surface area contributed by atoms with E-state index in [1.807, 2.05) is 11.4 Å². The van der Waals surface area contributed by atoms with Crippen LogP contribution in [0.5, 0.6) is 0 Å². The molecular weight excluding hydrogens is 336 g/mol. The highest BCUT2D eigenvalue weighted by atomic mass is 35.5. The minimum absolute atomic E-state index is 0.0438. The fraction of sp³-hybridized carbons (Fsp3) is 0. The van der Waals surface area contributed by atoms with Gasteiger partial charge in [0.2, 0.25) is 5.22 Å². The Kier molecular flexibility index (Phi) is 4.45. The summed E-state index contributed by atoms with van der Waals surface area (Å²) < 4.78 is 4.88. The molecule has 0 atom stereocenters. The van der Waals surface area contributed by atoms with E-state index in [4.69, 9.17) is 16.0 Å². The Morgan fingerprint density at radius 2 is 1.61 bits per heavy atom. The Balaban J connectivity index is 1.64. The van der Waals surface area contributed by atoms with E-state index in [0.29, 0.717) is 16.3 Å². The maximum atomic E-state index is 12.0. The summed E-state index contributed by atoms with van der Waals surface area (Å²) in [7, 11) is 0. The number of halogens is 1. The second-order valence-corrected chi connectivity index (χ2v) is 5.86. The Morgan fingerprint density at radius 1 is 0.957 bits per heavy atom. The third-order valence-electron chi connectivity index (χ3n) is 3.01. The Bertz CT molecular complexity index is 825. The molecule has 0 aliphatic carbocycles. The topological polar surface area (TPSA) is 71.3 Å². The molecular formula is C16H11ClN2O3S. The van der Waals surface area contributed by atoms with Crippen molar-refractivity contribution in [2.45, 2.75) is 0 Å². The molecule has 0 saturated heterocycles. The van der Waals surface area contributed by atoms with Crippen LogP contribution in [0.3, 0.4) is 0 Å². The maximum Gasteiger partial charge on any atom is 0.265 e. The van der Waals surface area contributed by atoms with Crippen LogP contribution in [0.4, 0.5) is 11.4 Å². The number of rotatable bonds is 4. The molecule has 0 fully saturated rings. The number of carbonyl (C=O) groups is 2. The molecule has 116 valence electrons. The largest absolute Gasteiger partial charge is 0.452 e. The lowest BCUT2D eigenvalue weighted by molar-refractivity contribution is 0.101. The molecule has 2 heterocycles. The molecule has 23 heavy (non-hydrogen) atoms. The van der Waals surface area contributed by atoms with Crippen molar-refractivity contribution in [2.75, 3.05) is 10.6 Å². The van der Waals surface area contributed by atoms with Gasteiger partial charge in [-0.2, -0.15) is 0 Å². The lowest BCUT2D eigenvalue weighted by Crippen LogP contribution is -2.12. The predicted molar refractivity (Wildman–Crippen MR) is 90.4 cm³/mol. The fourth-order valence-corrected chi connectivity index (χ4v) is 2.71. The van der Waals surface area contributed by atoms with Crippen molar-refractivity contribution in [1.82, 2.24) is 0 Å². The van der Waals surface area contributed by atoms with Crippen molar-refractivity contribution in [1.29, 1.82) is 0 Å². The van der Waals surface area contributed by atoms with Crippen molar-refractivity contribution in [3.05, 3.63) is 69.8 Å². The van der Waals surface area contributed by atoms with Crippen LogP contribution in [0.1, 0.15) is 20.0 Å². The summed E-state index contributed by atoms with van der Waals surface area (Å²) in [6.45, 7) is 0. The number of hydrogen-bond donors (Lipinski definition) is 2. The van der Waals surface area contributed by atoms with Crippen molar-refractivity contribution < 1.29 is 14.0 Å². The summed E-state index contributed by atoms with van der Waals surface area (Å²) in [5, 5.41) is 7.37. The van der Waals surface area contributed by atoms with E-state index in [0.717, 1.165) is 0 Å². The monoisotopic (exact) mass is 346 g/mol. The van der Waals surface area contributed by atoms with Crippen molar-refractivity contribution in [3.8, 4) is 0 Å². The summed E-state index contributed by atoms with van der Waals surface area (Å²) in [4.78, 5) is 24.6. The van der Waals surface area contributed by atoms with Gasteiger partial charge in [-0.25, -0.2) is 0 Å². The summed E-state index contributed by atoms with van der Waals surface area (Å²) >= 11 is 7.13. The molecule has 0 radical (unpaired) electrons. The highest BCUT2D eigenvalue weighted by Crippen LogP contribution is 2.20. The van der Waals surface area contributed by atoms with E-state index >= 15 is 0 Å². The Morgan fingerprint density at radius 3 is 2.13 bits per heavy atom. The van der Waals surface area contributed by atoms with E-state index in [9.17, 15) is 9.59 Å². The van der Waals surface area contributed by atoms with Crippen LogP contribution in [0.2, 0.25) is 5.22 Å².